The van der Waals surface area contributed by atoms with E-state index in [1.807, 2.05) is 19.1 Å². The lowest BCUT2D eigenvalue weighted by Gasteiger charge is -2.13. The number of hydrogen-bond donors (Lipinski definition) is 1. The molecule has 0 unspecified atom stereocenters. The minimum atomic E-state index is -0.426. The number of rotatable bonds is 4. The van der Waals surface area contributed by atoms with Crippen molar-refractivity contribution in [3.63, 3.8) is 0 Å². The molecule has 0 spiro atoms. The molecular formula is C15H19N3O2S. The highest BCUT2D eigenvalue weighted by atomic mass is 32.1. The Kier molecular flexibility index (Phi) is 4.36. The van der Waals surface area contributed by atoms with Crippen LogP contribution in [0.15, 0.2) is 18.2 Å². The van der Waals surface area contributed by atoms with Crippen LogP contribution in [-0.2, 0) is 4.74 Å². The average Bonchev–Trinajstić information content (AvgIpc) is 3.07. The van der Waals surface area contributed by atoms with Gasteiger partial charge >= 0.3 is 6.09 Å². The van der Waals surface area contributed by atoms with Gasteiger partial charge in [0, 0.05) is 6.54 Å². The standard InChI is InChI=1S/C15H19N3O2S/c1-11-4-5-12-13(10-11)21-14(16-12)17-15(19)20-9-8-18-6-2-3-7-18/h4-5,10H,2-3,6-9H2,1H3,(H,16,17,19). The van der Waals surface area contributed by atoms with Crippen LogP contribution in [0, 0.1) is 6.92 Å². The van der Waals surface area contributed by atoms with E-state index in [2.05, 4.69) is 21.3 Å². The molecule has 6 heteroatoms. The van der Waals surface area contributed by atoms with Gasteiger partial charge in [-0.2, -0.15) is 0 Å². The average molecular weight is 305 g/mol. The lowest BCUT2D eigenvalue weighted by Crippen LogP contribution is -2.26. The highest BCUT2D eigenvalue weighted by molar-refractivity contribution is 7.22. The van der Waals surface area contributed by atoms with E-state index >= 15 is 0 Å². The molecular weight excluding hydrogens is 286 g/mol. The van der Waals surface area contributed by atoms with Gasteiger partial charge in [0.2, 0.25) is 0 Å². The number of carbonyl (C=O) groups excluding carboxylic acids is 1. The number of nitrogens with zero attached hydrogens (tertiary/aromatic N) is 2. The molecule has 1 amide bonds. The van der Waals surface area contributed by atoms with Gasteiger partial charge in [-0.1, -0.05) is 17.4 Å². The summed E-state index contributed by atoms with van der Waals surface area (Å²) >= 11 is 1.47. The van der Waals surface area contributed by atoms with E-state index in [1.54, 1.807) is 0 Å². The maximum absolute atomic E-state index is 11.7. The Morgan fingerprint density at radius 2 is 2.24 bits per heavy atom. The smallest absolute Gasteiger partial charge is 0.413 e. The van der Waals surface area contributed by atoms with Crippen molar-refractivity contribution < 1.29 is 9.53 Å². The minimum absolute atomic E-state index is 0.426. The van der Waals surface area contributed by atoms with Crippen molar-refractivity contribution in [2.45, 2.75) is 19.8 Å². The second-order valence-electron chi connectivity index (χ2n) is 5.30. The van der Waals surface area contributed by atoms with Crippen molar-refractivity contribution in [3.8, 4) is 0 Å². The largest absolute Gasteiger partial charge is 0.448 e. The second kappa shape index (κ2) is 6.41. The number of ether oxygens (including phenoxy) is 1. The number of benzene rings is 1. The Hall–Kier alpha value is -1.66. The molecule has 1 saturated heterocycles. The summed E-state index contributed by atoms with van der Waals surface area (Å²) in [6.45, 7) is 5.51. The van der Waals surface area contributed by atoms with E-state index in [9.17, 15) is 4.79 Å². The van der Waals surface area contributed by atoms with Crippen LogP contribution in [0.5, 0.6) is 0 Å². The predicted octanol–water partition coefficient (Wildman–Crippen LogP) is 3.25. The van der Waals surface area contributed by atoms with E-state index in [0.717, 1.165) is 29.9 Å². The molecule has 1 fully saturated rings. The molecule has 0 aliphatic carbocycles. The maximum Gasteiger partial charge on any atom is 0.413 e. The number of carbonyl (C=O) groups is 1. The number of likely N-dealkylation sites (tertiary alicyclic amines) is 1. The molecule has 112 valence electrons. The highest BCUT2D eigenvalue weighted by Crippen LogP contribution is 2.26. The first-order chi connectivity index (χ1) is 10.2. The van der Waals surface area contributed by atoms with Crippen molar-refractivity contribution in [2.24, 2.45) is 0 Å². The normalized spacial score (nSPS) is 15.5. The van der Waals surface area contributed by atoms with Crippen LogP contribution in [0.25, 0.3) is 10.2 Å². The Balaban J connectivity index is 1.51. The van der Waals surface area contributed by atoms with Gasteiger partial charge in [0.05, 0.1) is 10.2 Å². The van der Waals surface area contributed by atoms with E-state index in [4.69, 9.17) is 4.74 Å². The summed E-state index contributed by atoms with van der Waals surface area (Å²) in [6.07, 6.45) is 2.07. The molecule has 1 aliphatic heterocycles. The van der Waals surface area contributed by atoms with Crippen molar-refractivity contribution in [1.82, 2.24) is 9.88 Å². The molecule has 1 aromatic heterocycles. The molecule has 1 aromatic carbocycles. The fraction of sp³-hybridized carbons (Fsp3) is 0.467. The molecule has 2 heterocycles. The summed E-state index contributed by atoms with van der Waals surface area (Å²) in [6, 6.07) is 6.04. The summed E-state index contributed by atoms with van der Waals surface area (Å²) in [4.78, 5) is 18.4. The van der Waals surface area contributed by atoms with Crippen LogP contribution >= 0.6 is 11.3 Å². The fourth-order valence-electron chi connectivity index (χ4n) is 2.48. The van der Waals surface area contributed by atoms with E-state index in [-0.39, 0.29) is 0 Å². The number of fused-ring (bicyclic) bond motifs is 1. The molecule has 0 saturated carbocycles. The molecule has 0 atom stereocenters. The summed E-state index contributed by atoms with van der Waals surface area (Å²) in [7, 11) is 0. The van der Waals surface area contributed by atoms with Gasteiger partial charge in [0.25, 0.3) is 0 Å². The lowest BCUT2D eigenvalue weighted by atomic mass is 10.2. The molecule has 1 aliphatic rings. The zero-order valence-corrected chi connectivity index (χ0v) is 12.9. The van der Waals surface area contributed by atoms with Crippen molar-refractivity contribution in [1.29, 1.82) is 0 Å². The van der Waals surface area contributed by atoms with Crippen molar-refractivity contribution in [3.05, 3.63) is 23.8 Å². The summed E-state index contributed by atoms with van der Waals surface area (Å²) in [5, 5.41) is 3.29. The van der Waals surface area contributed by atoms with Crippen molar-refractivity contribution >= 4 is 32.8 Å². The lowest BCUT2D eigenvalue weighted by molar-refractivity contribution is 0.146. The third-order valence-electron chi connectivity index (χ3n) is 3.59. The number of aromatic nitrogens is 1. The van der Waals surface area contributed by atoms with Gasteiger partial charge < -0.3 is 4.74 Å². The Morgan fingerprint density at radius 3 is 3.05 bits per heavy atom. The zero-order valence-electron chi connectivity index (χ0n) is 12.1. The van der Waals surface area contributed by atoms with E-state index < -0.39 is 6.09 Å². The molecule has 1 N–H and O–H groups in total. The number of thiazole rings is 1. The van der Waals surface area contributed by atoms with Gasteiger partial charge in [-0.3, -0.25) is 10.2 Å². The van der Waals surface area contributed by atoms with E-state index in [1.165, 1.54) is 29.7 Å². The van der Waals surface area contributed by atoms with Crippen LogP contribution < -0.4 is 5.32 Å². The Bertz CT molecular complexity index is 635. The topological polar surface area (TPSA) is 54.5 Å². The predicted molar refractivity (Wildman–Crippen MR) is 85.0 cm³/mol. The monoisotopic (exact) mass is 305 g/mol. The second-order valence-corrected chi connectivity index (χ2v) is 6.33. The highest BCUT2D eigenvalue weighted by Gasteiger charge is 2.13. The quantitative estimate of drug-likeness (QED) is 0.942. The number of nitrogens with one attached hydrogen (secondary N) is 1. The van der Waals surface area contributed by atoms with Gasteiger partial charge in [-0.25, -0.2) is 9.78 Å². The molecule has 2 aromatic rings. The third kappa shape index (κ3) is 3.71. The first kappa shape index (κ1) is 14.3. The van der Waals surface area contributed by atoms with Crippen LogP contribution in [0.1, 0.15) is 18.4 Å². The van der Waals surface area contributed by atoms with Crippen molar-refractivity contribution in [2.75, 3.05) is 31.6 Å². The van der Waals surface area contributed by atoms with Crippen LogP contribution in [-0.4, -0.2) is 42.2 Å². The first-order valence-electron chi connectivity index (χ1n) is 7.24. The molecule has 0 bridgehead atoms. The fourth-order valence-corrected chi connectivity index (χ4v) is 3.43. The Morgan fingerprint density at radius 1 is 1.43 bits per heavy atom. The van der Waals surface area contributed by atoms with E-state index in [0.29, 0.717) is 11.7 Å². The Labute approximate surface area is 127 Å². The zero-order chi connectivity index (χ0) is 14.7. The molecule has 0 radical (unpaired) electrons. The molecule has 3 rings (SSSR count). The number of anilines is 1. The van der Waals surface area contributed by atoms with Crippen LogP contribution in [0.2, 0.25) is 0 Å². The SMILES string of the molecule is Cc1ccc2nc(NC(=O)OCCN3CCCC3)sc2c1. The number of hydrogen-bond acceptors (Lipinski definition) is 5. The maximum atomic E-state index is 11.7. The first-order valence-corrected chi connectivity index (χ1v) is 8.06. The van der Waals surface area contributed by atoms with Gasteiger partial charge in [0.15, 0.2) is 5.13 Å². The van der Waals surface area contributed by atoms with Gasteiger partial charge in [0.1, 0.15) is 6.61 Å². The minimum Gasteiger partial charge on any atom is -0.448 e. The number of amides is 1. The van der Waals surface area contributed by atoms with Gasteiger partial charge in [-0.05, 0) is 50.6 Å². The number of aryl methyl sites for hydroxylation is 1. The summed E-state index contributed by atoms with van der Waals surface area (Å²) in [5.74, 6) is 0. The van der Waals surface area contributed by atoms with Gasteiger partial charge in [-0.15, -0.1) is 0 Å². The van der Waals surface area contributed by atoms with Crippen LogP contribution in [0.4, 0.5) is 9.93 Å². The third-order valence-corrected chi connectivity index (χ3v) is 4.53. The summed E-state index contributed by atoms with van der Waals surface area (Å²) in [5.41, 5.74) is 2.09. The molecule has 21 heavy (non-hydrogen) atoms. The van der Waals surface area contributed by atoms with Crippen LogP contribution in [0.3, 0.4) is 0 Å². The summed E-state index contributed by atoms with van der Waals surface area (Å²) < 4.78 is 6.27. The molecule has 5 nitrogen and oxygen atoms in total.